The molecule has 0 aromatic carbocycles. The van der Waals surface area contributed by atoms with Crippen molar-refractivity contribution < 1.29 is 0 Å². The average Bonchev–Trinajstić information content (AvgIpc) is 3.32. The van der Waals surface area contributed by atoms with Crippen LogP contribution in [-0.2, 0) is 26.4 Å². The van der Waals surface area contributed by atoms with Crippen LogP contribution in [0.2, 0.25) is 0 Å². The third kappa shape index (κ3) is 4.37. The van der Waals surface area contributed by atoms with Crippen molar-refractivity contribution in [1.82, 2.24) is 20.0 Å². The molecule has 148 valence electrons. The molecule has 26 heavy (non-hydrogen) atoms. The summed E-state index contributed by atoms with van der Waals surface area (Å²) in [7, 11) is 2.06. The highest BCUT2D eigenvalue weighted by atomic mass is 127. The summed E-state index contributed by atoms with van der Waals surface area (Å²) in [6, 6.07) is 0. The Labute approximate surface area is 176 Å². The summed E-state index contributed by atoms with van der Waals surface area (Å²) in [5.74, 6) is 1.10. The first-order valence-corrected chi connectivity index (χ1v) is 10.2. The fourth-order valence-electron chi connectivity index (χ4n) is 4.80. The first-order chi connectivity index (χ1) is 12.1. The number of rotatable bonds is 5. The van der Waals surface area contributed by atoms with Gasteiger partial charge in [0.15, 0.2) is 5.96 Å². The number of aliphatic imine (C=N–C) groups is 1. The predicted molar refractivity (Wildman–Crippen MR) is 119 cm³/mol. The number of aryl methyl sites for hydroxylation is 2. The van der Waals surface area contributed by atoms with Gasteiger partial charge in [0.2, 0.25) is 0 Å². The van der Waals surface area contributed by atoms with Crippen LogP contribution in [0.25, 0.3) is 0 Å². The second-order valence-electron chi connectivity index (χ2n) is 7.75. The van der Waals surface area contributed by atoms with Gasteiger partial charge >= 0.3 is 0 Å². The lowest BCUT2D eigenvalue weighted by atomic mass is 9.86. The van der Waals surface area contributed by atoms with Gasteiger partial charge in [-0.05, 0) is 44.4 Å². The van der Waals surface area contributed by atoms with Crippen LogP contribution in [0.3, 0.4) is 0 Å². The third-order valence-electron chi connectivity index (χ3n) is 6.15. The standard InChI is InChI=1S/C20H35N5.HI/c1-5-17-16(18(6-2)24(4)23-17)14-22-19(21-7-3)25-13-12-20(15-25)10-8-9-11-20;/h5-15H2,1-4H3,(H,21,22);1H. The van der Waals surface area contributed by atoms with Crippen LogP contribution in [0.5, 0.6) is 0 Å². The van der Waals surface area contributed by atoms with Crippen molar-refractivity contribution in [3.8, 4) is 0 Å². The topological polar surface area (TPSA) is 45.5 Å². The maximum atomic E-state index is 5.03. The molecule has 0 amide bonds. The Bertz CT molecular complexity index is 616. The van der Waals surface area contributed by atoms with Crippen molar-refractivity contribution in [2.75, 3.05) is 19.6 Å². The molecule has 1 aliphatic heterocycles. The molecule has 1 aromatic heterocycles. The van der Waals surface area contributed by atoms with Crippen molar-refractivity contribution >= 4 is 29.9 Å². The first-order valence-electron chi connectivity index (χ1n) is 10.2. The van der Waals surface area contributed by atoms with Crippen LogP contribution in [-0.4, -0.2) is 40.3 Å². The van der Waals surface area contributed by atoms with Gasteiger partial charge in [0.05, 0.1) is 12.2 Å². The molecule has 0 atom stereocenters. The number of nitrogens with zero attached hydrogens (tertiary/aromatic N) is 4. The molecular weight excluding hydrogens is 437 g/mol. The van der Waals surface area contributed by atoms with Crippen molar-refractivity contribution in [2.24, 2.45) is 17.5 Å². The molecule has 0 bridgehead atoms. The van der Waals surface area contributed by atoms with E-state index >= 15 is 0 Å². The van der Waals surface area contributed by atoms with E-state index in [4.69, 9.17) is 10.1 Å². The molecular formula is C20H36IN5. The number of halogens is 1. The lowest BCUT2D eigenvalue weighted by Crippen LogP contribution is -2.41. The summed E-state index contributed by atoms with van der Waals surface area (Å²) in [6.45, 7) is 10.6. The highest BCUT2D eigenvalue weighted by Gasteiger charge is 2.41. The van der Waals surface area contributed by atoms with E-state index in [9.17, 15) is 0 Å². The zero-order valence-electron chi connectivity index (χ0n) is 17.0. The summed E-state index contributed by atoms with van der Waals surface area (Å²) >= 11 is 0. The van der Waals surface area contributed by atoms with Gasteiger partial charge in [0.1, 0.15) is 0 Å². The highest BCUT2D eigenvalue weighted by Crippen LogP contribution is 2.45. The van der Waals surface area contributed by atoms with Crippen molar-refractivity contribution in [1.29, 1.82) is 0 Å². The maximum Gasteiger partial charge on any atom is 0.194 e. The van der Waals surface area contributed by atoms with Gasteiger partial charge in [-0.3, -0.25) is 4.68 Å². The number of likely N-dealkylation sites (tertiary alicyclic amines) is 1. The molecule has 2 aliphatic rings. The van der Waals surface area contributed by atoms with Crippen molar-refractivity contribution in [2.45, 2.75) is 72.3 Å². The summed E-state index contributed by atoms with van der Waals surface area (Å²) in [5.41, 5.74) is 4.43. The maximum absolute atomic E-state index is 5.03. The zero-order chi connectivity index (χ0) is 17.9. The molecule has 1 aromatic rings. The minimum absolute atomic E-state index is 0. The van der Waals surface area contributed by atoms with Crippen LogP contribution < -0.4 is 5.32 Å². The monoisotopic (exact) mass is 473 g/mol. The molecule has 0 unspecified atom stereocenters. The quantitative estimate of drug-likeness (QED) is 0.401. The minimum atomic E-state index is 0. The molecule has 1 saturated heterocycles. The van der Waals surface area contributed by atoms with E-state index in [1.165, 1.54) is 55.6 Å². The van der Waals surface area contributed by atoms with E-state index in [0.717, 1.165) is 38.4 Å². The van der Waals surface area contributed by atoms with E-state index in [1.54, 1.807) is 0 Å². The normalized spacial score (nSPS) is 19.2. The van der Waals surface area contributed by atoms with E-state index in [0.29, 0.717) is 5.41 Å². The number of aromatic nitrogens is 2. The largest absolute Gasteiger partial charge is 0.357 e. The zero-order valence-corrected chi connectivity index (χ0v) is 19.3. The lowest BCUT2D eigenvalue weighted by molar-refractivity contribution is 0.309. The van der Waals surface area contributed by atoms with Crippen LogP contribution in [0.15, 0.2) is 4.99 Å². The second kappa shape index (κ2) is 9.42. The summed E-state index contributed by atoms with van der Waals surface area (Å²) in [6.07, 6.45) is 8.97. The molecule has 6 heteroatoms. The summed E-state index contributed by atoms with van der Waals surface area (Å²) in [5, 5.41) is 8.22. The van der Waals surface area contributed by atoms with Crippen LogP contribution >= 0.6 is 24.0 Å². The number of hydrogen-bond acceptors (Lipinski definition) is 2. The van der Waals surface area contributed by atoms with Gasteiger partial charge in [0, 0.05) is 37.9 Å². The van der Waals surface area contributed by atoms with E-state index in [-0.39, 0.29) is 24.0 Å². The Balaban J connectivity index is 0.00000243. The molecule has 1 saturated carbocycles. The number of nitrogens with one attached hydrogen (secondary N) is 1. The fraction of sp³-hybridized carbons (Fsp3) is 0.800. The van der Waals surface area contributed by atoms with Crippen molar-refractivity contribution in [3.63, 3.8) is 0 Å². The fourth-order valence-corrected chi connectivity index (χ4v) is 4.80. The Hall–Kier alpha value is -0.790. The van der Waals surface area contributed by atoms with E-state index in [2.05, 4.69) is 38.0 Å². The van der Waals surface area contributed by atoms with Gasteiger partial charge < -0.3 is 10.2 Å². The second-order valence-corrected chi connectivity index (χ2v) is 7.75. The Morgan fingerprint density at radius 3 is 2.50 bits per heavy atom. The third-order valence-corrected chi connectivity index (χ3v) is 6.15. The van der Waals surface area contributed by atoms with E-state index in [1.807, 2.05) is 4.68 Å². The molecule has 3 rings (SSSR count). The van der Waals surface area contributed by atoms with Gasteiger partial charge in [-0.15, -0.1) is 24.0 Å². The molecule has 2 fully saturated rings. The Morgan fingerprint density at radius 2 is 1.88 bits per heavy atom. The van der Waals surface area contributed by atoms with Crippen molar-refractivity contribution in [3.05, 3.63) is 17.0 Å². The molecule has 5 nitrogen and oxygen atoms in total. The molecule has 1 N–H and O–H groups in total. The smallest absolute Gasteiger partial charge is 0.194 e. The van der Waals surface area contributed by atoms with Crippen LogP contribution in [0.4, 0.5) is 0 Å². The minimum Gasteiger partial charge on any atom is -0.357 e. The average molecular weight is 473 g/mol. The Kier molecular flexibility index (Phi) is 7.79. The summed E-state index contributed by atoms with van der Waals surface area (Å²) in [4.78, 5) is 7.53. The SMILES string of the molecule is CCNC(=NCc1c(CC)nn(C)c1CC)N1CCC2(CCCC2)C1.I. The highest BCUT2D eigenvalue weighted by molar-refractivity contribution is 14.0. The Morgan fingerprint density at radius 1 is 1.15 bits per heavy atom. The molecule has 1 aliphatic carbocycles. The lowest BCUT2D eigenvalue weighted by Gasteiger charge is -2.26. The van der Waals surface area contributed by atoms with E-state index < -0.39 is 0 Å². The molecule has 1 spiro atoms. The molecule has 0 radical (unpaired) electrons. The predicted octanol–water partition coefficient (Wildman–Crippen LogP) is 3.89. The van der Waals surface area contributed by atoms with Crippen LogP contribution in [0.1, 0.15) is 69.8 Å². The van der Waals surface area contributed by atoms with Gasteiger partial charge in [-0.2, -0.15) is 5.10 Å². The van der Waals surface area contributed by atoms with Gasteiger partial charge in [-0.25, -0.2) is 4.99 Å². The first kappa shape index (κ1) is 21.5. The number of hydrogen-bond donors (Lipinski definition) is 1. The molecule has 2 heterocycles. The van der Waals surface area contributed by atoms with Crippen LogP contribution in [0, 0.1) is 5.41 Å². The van der Waals surface area contributed by atoms with Gasteiger partial charge in [-0.1, -0.05) is 26.7 Å². The number of guanidine groups is 1. The van der Waals surface area contributed by atoms with Gasteiger partial charge in [0.25, 0.3) is 0 Å². The summed E-state index contributed by atoms with van der Waals surface area (Å²) < 4.78 is 2.04.